The normalized spacial score (nSPS) is 19.0. The van der Waals surface area contributed by atoms with Gasteiger partial charge in [-0.15, -0.1) is 0 Å². The van der Waals surface area contributed by atoms with Gasteiger partial charge in [-0.1, -0.05) is 34.6 Å². The minimum Gasteiger partial charge on any atom is -0.444 e. The van der Waals surface area contributed by atoms with E-state index in [9.17, 15) is 24.0 Å². The van der Waals surface area contributed by atoms with E-state index in [-0.39, 0.29) is 75.8 Å². The molecular weight excluding hydrogens is 1070 g/mol. The Morgan fingerprint density at radius 2 is 1.17 bits per heavy atom. The van der Waals surface area contributed by atoms with Crippen LogP contribution < -0.4 is 15.1 Å². The van der Waals surface area contributed by atoms with Crippen LogP contribution in [0.3, 0.4) is 0 Å². The van der Waals surface area contributed by atoms with Gasteiger partial charge < -0.3 is 32.1 Å². The third-order valence-electron chi connectivity index (χ3n) is 12.6. The summed E-state index contributed by atoms with van der Waals surface area (Å²) in [6, 6.07) is 17.9. The number of nitrogens with one attached hydrogen (secondary N) is 1. The molecule has 4 aliphatic rings. The van der Waals surface area contributed by atoms with E-state index in [1.54, 1.807) is 80.2 Å². The first kappa shape index (κ1) is 55.8. The number of pyridine rings is 2. The van der Waals surface area contributed by atoms with Gasteiger partial charge in [0.05, 0.1) is 12.1 Å². The van der Waals surface area contributed by atoms with Gasteiger partial charge in [-0.25, -0.2) is 14.8 Å². The summed E-state index contributed by atoms with van der Waals surface area (Å²) in [5.41, 5.74) is 3.66. The molecule has 6 heterocycles. The largest absolute Gasteiger partial charge is 0.444 e. The van der Waals surface area contributed by atoms with Gasteiger partial charge in [0, 0.05) is 75.3 Å². The van der Waals surface area contributed by atoms with E-state index in [1.165, 1.54) is 0 Å². The Balaban J connectivity index is 0.000000262. The number of anilines is 2. The van der Waals surface area contributed by atoms with Crippen molar-refractivity contribution in [3.63, 3.8) is 0 Å². The molecule has 0 unspecified atom stereocenters. The van der Waals surface area contributed by atoms with Gasteiger partial charge in [0.15, 0.2) is 22.6 Å². The molecule has 2 saturated heterocycles. The van der Waals surface area contributed by atoms with Gasteiger partial charge in [0.1, 0.15) is 17.2 Å². The minimum atomic E-state index is -1.01. The van der Waals surface area contributed by atoms with Crippen LogP contribution in [0.25, 0.3) is 0 Å². The quantitative estimate of drug-likeness (QED) is 0.167. The zero-order chi connectivity index (χ0) is 50.0. The number of oxime groups is 2. The number of ether oxygens (including phenoxy) is 1. The molecule has 2 fully saturated rings. The van der Waals surface area contributed by atoms with Crippen LogP contribution in [0.2, 0.25) is 0 Å². The van der Waals surface area contributed by atoms with E-state index in [1.807, 2.05) is 83.7 Å². The van der Waals surface area contributed by atoms with Gasteiger partial charge >= 0.3 is 6.09 Å². The molecule has 4 aromatic rings. The molecule has 0 aliphatic carbocycles. The third-order valence-corrected chi connectivity index (χ3v) is 12.6. The van der Waals surface area contributed by atoms with E-state index in [4.69, 9.17) is 14.4 Å². The SMILES string of the molecule is Cc1cc(C(=O)N(c2ncccc2C)[C@@H]2CCCN(C(=O)OC(C)(C)C)C2)ccc1C1=NOC(C)(C)C1=O.Cc1cc(C(=O)N(c2ncccc2C)[C@@H]2CCCNC2)ccc1C1=NOC(C)(C)C1=O.[CH3-].[W]. The fraction of sp³-hybridized carbons (Fsp3) is 0.444. The van der Waals surface area contributed by atoms with Gasteiger partial charge in [-0.3, -0.25) is 29.0 Å². The number of amides is 3. The molecule has 378 valence electrons. The third kappa shape index (κ3) is 12.3. The first-order valence-corrected chi connectivity index (χ1v) is 23.6. The summed E-state index contributed by atoms with van der Waals surface area (Å²) in [5, 5.41) is 11.4. The maximum absolute atomic E-state index is 14.1. The van der Waals surface area contributed by atoms with Crippen molar-refractivity contribution in [2.75, 3.05) is 36.0 Å². The number of nitrogens with zero attached hydrogens (tertiary/aromatic N) is 7. The Kier molecular flexibility index (Phi) is 17.7. The second kappa shape index (κ2) is 22.5. The van der Waals surface area contributed by atoms with Crippen molar-refractivity contribution < 1.29 is 59.4 Å². The Morgan fingerprint density at radius 1 is 0.704 bits per heavy atom. The summed E-state index contributed by atoms with van der Waals surface area (Å²) in [4.78, 5) is 90.8. The van der Waals surface area contributed by atoms with Crippen molar-refractivity contribution in [1.82, 2.24) is 20.2 Å². The number of hydrogen-bond donors (Lipinski definition) is 1. The van der Waals surface area contributed by atoms with Crippen molar-refractivity contribution in [3.8, 4) is 0 Å². The van der Waals surface area contributed by atoms with Gasteiger partial charge in [-0.05, 0) is 167 Å². The van der Waals surface area contributed by atoms with E-state index in [2.05, 4.69) is 25.6 Å². The summed E-state index contributed by atoms with van der Waals surface area (Å²) >= 11 is 0. The van der Waals surface area contributed by atoms with Crippen molar-refractivity contribution in [2.24, 2.45) is 10.3 Å². The number of aryl methyl sites for hydroxylation is 4. The van der Waals surface area contributed by atoms with E-state index < -0.39 is 16.8 Å². The van der Waals surface area contributed by atoms with Crippen LogP contribution in [0.15, 0.2) is 83.4 Å². The number of carbonyl (C=O) groups is 5. The van der Waals surface area contributed by atoms with Gasteiger partial charge in [0.25, 0.3) is 11.8 Å². The number of hydrogen-bond acceptors (Lipinski definition) is 13. The Bertz CT molecular complexity index is 2720. The molecule has 2 aromatic heterocycles. The monoisotopic (exact) mass is 1140 g/mol. The molecule has 8 rings (SSSR count). The Hall–Kier alpha value is -6.12. The standard InChI is InChI=1S/C29H36N4O5.C24H28N4O3.CH3.W/c1-18-10-8-14-30-25(18)33(21-11-9-15-32(17-21)27(36)37-28(3,4)5)26(35)20-12-13-22(19(2)16-20)23-24(34)29(6,7)38-31-23;1-15-7-5-12-26-22(15)28(18-8-6-11-25-14-18)23(30)17-9-10-19(16(2)13-17)20-21(29)24(3,4)31-27-20;;/h8,10,12-14,16,21H,9,11,15,17H2,1-7H3;5,7,9-10,12-13,18,25H,6,8,11,14H2,1-4H3;1H3;/q;;-1;/t21-;18-;;/m11../s1. The second-order valence-electron chi connectivity index (χ2n) is 20.2. The number of aromatic nitrogens is 2. The zero-order valence-electron chi connectivity index (χ0n) is 43.0. The molecule has 0 spiro atoms. The summed E-state index contributed by atoms with van der Waals surface area (Å²) < 4.78 is 5.60. The molecule has 71 heavy (non-hydrogen) atoms. The zero-order valence-corrected chi connectivity index (χ0v) is 46.0. The van der Waals surface area contributed by atoms with Crippen LogP contribution in [0, 0.1) is 35.1 Å². The Morgan fingerprint density at radius 3 is 1.56 bits per heavy atom. The van der Waals surface area contributed by atoms with Crippen LogP contribution in [-0.4, -0.2) is 111 Å². The van der Waals surface area contributed by atoms with Crippen molar-refractivity contribution in [1.29, 1.82) is 0 Å². The maximum Gasteiger partial charge on any atom is 0.410 e. The molecule has 0 bridgehead atoms. The van der Waals surface area contributed by atoms with E-state index in [0.717, 1.165) is 61.0 Å². The minimum absolute atomic E-state index is 0. The van der Waals surface area contributed by atoms with Crippen LogP contribution in [0.5, 0.6) is 0 Å². The smallest absolute Gasteiger partial charge is 0.410 e. The first-order valence-electron chi connectivity index (χ1n) is 23.6. The second-order valence-corrected chi connectivity index (χ2v) is 20.2. The molecular formula is C54H67N8O8W-. The molecule has 2 atom stereocenters. The van der Waals surface area contributed by atoms with Crippen LogP contribution in [-0.2, 0) is 45.1 Å². The maximum atomic E-state index is 14.1. The number of carbonyl (C=O) groups excluding carboxylic acids is 5. The van der Waals surface area contributed by atoms with Crippen LogP contribution >= 0.6 is 0 Å². The molecule has 16 nitrogen and oxygen atoms in total. The number of benzene rings is 2. The fourth-order valence-electron chi connectivity index (χ4n) is 8.84. The Labute approximate surface area is 432 Å². The number of ketones is 2. The fourth-order valence-corrected chi connectivity index (χ4v) is 8.84. The van der Waals surface area contributed by atoms with E-state index >= 15 is 0 Å². The molecule has 0 saturated carbocycles. The van der Waals surface area contributed by atoms with Crippen molar-refractivity contribution >= 4 is 52.5 Å². The predicted molar refractivity (Wildman–Crippen MR) is 270 cm³/mol. The molecule has 1 N–H and O–H groups in total. The summed E-state index contributed by atoms with van der Waals surface area (Å²) in [6.07, 6.45) is 6.38. The van der Waals surface area contributed by atoms with Gasteiger partial charge in [-0.2, -0.15) is 0 Å². The average molecular weight is 1140 g/mol. The topological polar surface area (TPSA) is 185 Å². The number of rotatable bonds is 8. The molecule has 17 heteroatoms. The number of likely N-dealkylation sites (tertiary alicyclic amines) is 1. The van der Waals surface area contributed by atoms with Crippen LogP contribution in [0.1, 0.15) is 128 Å². The van der Waals surface area contributed by atoms with Gasteiger partial charge in [0.2, 0.25) is 11.6 Å². The summed E-state index contributed by atoms with van der Waals surface area (Å²) in [5.74, 6) is 0.563. The van der Waals surface area contributed by atoms with E-state index in [0.29, 0.717) is 52.7 Å². The van der Waals surface area contributed by atoms with Crippen LogP contribution in [0.4, 0.5) is 16.4 Å². The van der Waals surface area contributed by atoms with Crippen molar-refractivity contribution in [2.45, 2.75) is 131 Å². The molecule has 0 radical (unpaired) electrons. The average Bonchev–Trinajstić information content (AvgIpc) is 3.74. The van der Waals surface area contributed by atoms with Crippen molar-refractivity contribution in [3.05, 3.63) is 125 Å². The summed E-state index contributed by atoms with van der Waals surface area (Å²) in [7, 11) is 0. The number of Topliss-reactive ketones (excluding diaryl/α,β-unsaturated/α-hetero) is 2. The first-order chi connectivity index (χ1) is 32.6. The number of piperidine rings is 2. The molecule has 3 amide bonds. The molecule has 4 aliphatic heterocycles. The molecule has 2 aromatic carbocycles. The summed E-state index contributed by atoms with van der Waals surface area (Å²) in [6.45, 7) is 22.5. The predicted octanol–water partition coefficient (Wildman–Crippen LogP) is 8.45.